The Morgan fingerprint density at radius 3 is 2.20 bits per heavy atom. The molecule has 1 aliphatic rings. The minimum absolute atomic E-state index is 0.221. The number of hydrogen-bond acceptors (Lipinski definition) is 2. The van der Waals surface area contributed by atoms with E-state index >= 15 is 0 Å². The molecule has 5 heteroatoms. The third kappa shape index (κ3) is 5.80. The van der Waals surface area contributed by atoms with E-state index in [9.17, 15) is 14.7 Å². The minimum Gasteiger partial charge on any atom is -0.480 e. The van der Waals surface area contributed by atoms with Gasteiger partial charge in [0.1, 0.15) is 6.04 Å². The lowest BCUT2D eigenvalue weighted by atomic mass is 10.0. The summed E-state index contributed by atoms with van der Waals surface area (Å²) in [5.74, 6) is -0.178. The lowest BCUT2D eigenvalue weighted by Gasteiger charge is -2.26. The number of carbonyl (C=O) groups is 2. The van der Waals surface area contributed by atoms with Crippen LogP contribution in [0.1, 0.15) is 53.4 Å². The number of carboxylic acids is 1. The second kappa shape index (κ2) is 7.50. The number of aliphatic carboxylic acids is 1. The van der Waals surface area contributed by atoms with Gasteiger partial charge in [-0.2, -0.15) is 0 Å². The monoisotopic (exact) mass is 284 g/mol. The molecule has 116 valence electrons. The maximum absolute atomic E-state index is 12.3. The molecule has 0 aromatic rings. The average Bonchev–Trinajstić information content (AvgIpc) is 3.11. The Kier molecular flexibility index (Phi) is 6.30. The summed E-state index contributed by atoms with van der Waals surface area (Å²) in [5.41, 5.74) is 0. The zero-order valence-corrected chi connectivity index (χ0v) is 13.1. The van der Waals surface area contributed by atoms with E-state index in [1.54, 1.807) is 0 Å². The molecule has 0 radical (unpaired) electrons. The maximum atomic E-state index is 12.3. The first-order chi connectivity index (χ1) is 9.31. The molecular weight excluding hydrogens is 256 g/mol. The Hall–Kier alpha value is -1.26. The van der Waals surface area contributed by atoms with Gasteiger partial charge in [0.05, 0.1) is 0 Å². The molecule has 5 nitrogen and oxygen atoms in total. The summed E-state index contributed by atoms with van der Waals surface area (Å²) in [6, 6.07) is -0.703. The fraction of sp³-hybridized carbons (Fsp3) is 0.867. The Morgan fingerprint density at radius 2 is 1.80 bits per heavy atom. The van der Waals surface area contributed by atoms with Gasteiger partial charge in [-0.3, -0.25) is 0 Å². The summed E-state index contributed by atoms with van der Waals surface area (Å²) < 4.78 is 0. The van der Waals surface area contributed by atoms with Crippen LogP contribution in [0.4, 0.5) is 4.79 Å². The van der Waals surface area contributed by atoms with Crippen molar-refractivity contribution >= 4 is 12.0 Å². The normalized spacial score (nSPS) is 16.3. The number of nitrogens with one attached hydrogen (secondary N) is 1. The topological polar surface area (TPSA) is 69.6 Å². The van der Waals surface area contributed by atoms with E-state index in [0.29, 0.717) is 24.9 Å². The highest BCUT2D eigenvalue weighted by Crippen LogP contribution is 2.27. The molecule has 0 aromatic carbocycles. The van der Waals surface area contributed by atoms with Crippen molar-refractivity contribution in [2.75, 3.05) is 6.54 Å². The maximum Gasteiger partial charge on any atom is 0.326 e. The van der Waals surface area contributed by atoms with E-state index < -0.39 is 12.0 Å². The van der Waals surface area contributed by atoms with Gasteiger partial charge in [0.25, 0.3) is 0 Å². The van der Waals surface area contributed by atoms with Crippen LogP contribution < -0.4 is 5.32 Å². The van der Waals surface area contributed by atoms with E-state index in [4.69, 9.17) is 0 Å². The minimum atomic E-state index is -0.952. The molecule has 0 heterocycles. The number of urea groups is 1. The molecular formula is C15H28N2O3. The van der Waals surface area contributed by atoms with Gasteiger partial charge in [-0.1, -0.05) is 27.7 Å². The van der Waals surface area contributed by atoms with Crippen LogP contribution in [0.3, 0.4) is 0 Å². The fourth-order valence-corrected chi connectivity index (χ4v) is 2.16. The zero-order valence-electron chi connectivity index (χ0n) is 13.1. The molecule has 0 saturated heterocycles. The molecule has 0 aromatic heterocycles. The van der Waals surface area contributed by atoms with Crippen molar-refractivity contribution in [1.29, 1.82) is 0 Å². The largest absolute Gasteiger partial charge is 0.480 e. The van der Waals surface area contributed by atoms with E-state index in [-0.39, 0.29) is 11.9 Å². The number of amides is 2. The van der Waals surface area contributed by atoms with Gasteiger partial charge in [0.2, 0.25) is 0 Å². The van der Waals surface area contributed by atoms with Crippen molar-refractivity contribution in [2.45, 2.75) is 65.5 Å². The first-order valence-electron chi connectivity index (χ1n) is 7.61. The Morgan fingerprint density at radius 1 is 1.20 bits per heavy atom. The van der Waals surface area contributed by atoms with Crippen LogP contribution in [0.5, 0.6) is 0 Å². The van der Waals surface area contributed by atoms with Crippen molar-refractivity contribution in [1.82, 2.24) is 10.2 Å². The van der Waals surface area contributed by atoms with Crippen LogP contribution in [-0.4, -0.2) is 40.6 Å². The molecule has 1 atom stereocenters. The Bertz CT molecular complexity index is 338. The van der Waals surface area contributed by atoms with Crippen LogP contribution in [0, 0.1) is 11.8 Å². The highest BCUT2D eigenvalue weighted by atomic mass is 16.4. The standard InChI is InChI=1S/C15H28N2O3/c1-10(2)7-8-17(12-5-6-12)15(20)16-13(14(18)19)9-11(3)4/h10-13H,5-9H2,1-4H3,(H,16,20)(H,18,19). The van der Waals surface area contributed by atoms with Crippen LogP contribution in [0.2, 0.25) is 0 Å². The summed E-state index contributed by atoms with van der Waals surface area (Å²) in [7, 11) is 0. The predicted octanol–water partition coefficient (Wildman–Crippen LogP) is 2.71. The fourth-order valence-electron chi connectivity index (χ4n) is 2.16. The second-order valence-electron chi connectivity index (χ2n) is 6.58. The van der Waals surface area contributed by atoms with Gasteiger partial charge in [0, 0.05) is 12.6 Å². The van der Waals surface area contributed by atoms with Crippen molar-refractivity contribution in [3.8, 4) is 0 Å². The average molecular weight is 284 g/mol. The molecule has 1 fully saturated rings. The number of rotatable bonds is 8. The van der Waals surface area contributed by atoms with Crippen molar-refractivity contribution in [3.63, 3.8) is 0 Å². The molecule has 1 saturated carbocycles. The van der Waals surface area contributed by atoms with Crippen LogP contribution in [-0.2, 0) is 4.79 Å². The molecule has 2 amide bonds. The predicted molar refractivity (Wildman–Crippen MR) is 78.6 cm³/mol. The number of carboxylic acid groups (broad SMARTS) is 1. The van der Waals surface area contributed by atoms with Crippen LogP contribution in [0.15, 0.2) is 0 Å². The summed E-state index contributed by atoms with van der Waals surface area (Å²) in [6.45, 7) is 8.88. The van der Waals surface area contributed by atoms with Gasteiger partial charge in [-0.05, 0) is 37.5 Å². The summed E-state index contributed by atoms with van der Waals surface area (Å²) in [5, 5.41) is 11.9. The first kappa shape index (κ1) is 16.8. The van der Waals surface area contributed by atoms with E-state index in [1.807, 2.05) is 18.7 Å². The van der Waals surface area contributed by atoms with Crippen LogP contribution >= 0.6 is 0 Å². The quantitative estimate of drug-likeness (QED) is 0.720. The van der Waals surface area contributed by atoms with E-state index in [1.165, 1.54) is 0 Å². The SMILES string of the molecule is CC(C)CCN(C(=O)NC(CC(C)C)C(=O)O)C1CC1. The summed E-state index contributed by atoms with van der Waals surface area (Å²) in [6.07, 6.45) is 3.48. The van der Waals surface area contributed by atoms with Gasteiger partial charge >= 0.3 is 12.0 Å². The zero-order chi connectivity index (χ0) is 15.3. The molecule has 0 bridgehead atoms. The van der Waals surface area contributed by atoms with Crippen molar-refractivity contribution in [2.24, 2.45) is 11.8 Å². The van der Waals surface area contributed by atoms with Crippen molar-refractivity contribution in [3.05, 3.63) is 0 Å². The van der Waals surface area contributed by atoms with Gasteiger partial charge in [0.15, 0.2) is 0 Å². The lowest BCUT2D eigenvalue weighted by Crippen LogP contribution is -2.49. The Balaban J connectivity index is 2.57. The van der Waals surface area contributed by atoms with E-state index in [0.717, 1.165) is 19.3 Å². The lowest BCUT2D eigenvalue weighted by molar-refractivity contribution is -0.139. The second-order valence-corrected chi connectivity index (χ2v) is 6.58. The smallest absolute Gasteiger partial charge is 0.326 e. The van der Waals surface area contributed by atoms with Gasteiger partial charge in [-0.15, -0.1) is 0 Å². The molecule has 20 heavy (non-hydrogen) atoms. The van der Waals surface area contributed by atoms with Gasteiger partial charge < -0.3 is 15.3 Å². The number of hydrogen-bond donors (Lipinski definition) is 2. The number of carbonyl (C=O) groups excluding carboxylic acids is 1. The van der Waals surface area contributed by atoms with Crippen molar-refractivity contribution < 1.29 is 14.7 Å². The van der Waals surface area contributed by atoms with Gasteiger partial charge in [-0.25, -0.2) is 9.59 Å². The molecule has 1 rings (SSSR count). The number of nitrogens with zero attached hydrogens (tertiary/aromatic N) is 1. The third-order valence-electron chi connectivity index (χ3n) is 3.50. The first-order valence-corrected chi connectivity index (χ1v) is 7.61. The van der Waals surface area contributed by atoms with E-state index in [2.05, 4.69) is 19.2 Å². The molecule has 1 aliphatic carbocycles. The molecule has 0 spiro atoms. The van der Waals surface area contributed by atoms with Crippen LogP contribution in [0.25, 0.3) is 0 Å². The molecule has 1 unspecified atom stereocenters. The highest BCUT2D eigenvalue weighted by Gasteiger charge is 2.34. The highest BCUT2D eigenvalue weighted by molar-refractivity contribution is 5.82. The molecule has 0 aliphatic heterocycles. The summed E-state index contributed by atoms with van der Waals surface area (Å²) >= 11 is 0. The Labute approximate surface area is 121 Å². The molecule has 2 N–H and O–H groups in total. The summed E-state index contributed by atoms with van der Waals surface area (Å²) in [4.78, 5) is 25.3. The third-order valence-corrected chi connectivity index (χ3v) is 3.50.